The van der Waals surface area contributed by atoms with Crippen LogP contribution in [0.1, 0.15) is 26.3 Å². The SMILES string of the molecule is CO[C@H]1O[C@H](COC(C)(C)C)[C@@H](O[SiH](C)C)[C@H](OC)[C@H]1OCc1ccccc1. The minimum Gasteiger partial charge on any atom is -0.412 e. The van der Waals surface area contributed by atoms with Crippen molar-refractivity contribution in [3.8, 4) is 0 Å². The molecule has 1 aliphatic heterocycles. The van der Waals surface area contributed by atoms with Crippen LogP contribution in [0.5, 0.6) is 0 Å². The number of methoxy groups -OCH3 is 2. The molecule has 28 heavy (non-hydrogen) atoms. The first-order chi connectivity index (χ1) is 13.2. The number of hydrogen-bond acceptors (Lipinski definition) is 6. The van der Waals surface area contributed by atoms with Crippen LogP contribution >= 0.6 is 0 Å². The zero-order chi connectivity index (χ0) is 20.7. The first-order valence-electron chi connectivity index (χ1n) is 9.91. The van der Waals surface area contributed by atoms with Gasteiger partial charge in [-0.1, -0.05) is 30.3 Å². The number of rotatable bonds is 9. The molecular weight excluding hydrogens is 376 g/mol. The van der Waals surface area contributed by atoms with Gasteiger partial charge in [-0.3, -0.25) is 0 Å². The van der Waals surface area contributed by atoms with Gasteiger partial charge in [0, 0.05) is 14.2 Å². The van der Waals surface area contributed by atoms with E-state index in [-0.39, 0.29) is 23.9 Å². The van der Waals surface area contributed by atoms with E-state index < -0.39 is 21.4 Å². The summed E-state index contributed by atoms with van der Waals surface area (Å²) in [5, 5.41) is 0. The van der Waals surface area contributed by atoms with E-state index in [0.717, 1.165) is 5.56 Å². The van der Waals surface area contributed by atoms with E-state index in [1.54, 1.807) is 14.2 Å². The normalized spacial score (nSPS) is 28.6. The van der Waals surface area contributed by atoms with Gasteiger partial charge >= 0.3 is 0 Å². The predicted molar refractivity (Wildman–Crippen MR) is 111 cm³/mol. The highest BCUT2D eigenvalue weighted by atomic mass is 28.3. The summed E-state index contributed by atoms with van der Waals surface area (Å²) >= 11 is 0. The molecule has 0 spiro atoms. The highest BCUT2D eigenvalue weighted by Gasteiger charge is 2.48. The summed E-state index contributed by atoms with van der Waals surface area (Å²) < 4.78 is 36.2. The fraction of sp³-hybridized carbons (Fsp3) is 0.714. The van der Waals surface area contributed by atoms with Crippen molar-refractivity contribution in [1.29, 1.82) is 0 Å². The Morgan fingerprint density at radius 2 is 1.64 bits per heavy atom. The molecule has 7 heteroatoms. The first-order valence-corrected chi connectivity index (χ1v) is 12.7. The molecule has 160 valence electrons. The highest BCUT2D eigenvalue weighted by molar-refractivity contribution is 6.48. The van der Waals surface area contributed by atoms with Crippen LogP contribution in [-0.2, 0) is 34.7 Å². The molecule has 5 atom stereocenters. The summed E-state index contributed by atoms with van der Waals surface area (Å²) in [5.41, 5.74) is 0.815. The second kappa shape index (κ2) is 10.8. The lowest BCUT2D eigenvalue weighted by atomic mass is 9.98. The number of ether oxygens (including phenoxy) is 5. The summed E-state index contributed by atoms with van der Waals surface area (Å²) in [6.45, 7) is 11.2. The quantitative estimate of drug-likeness (QED) is 0.581. The van der Waals surface area contributed by atoms with E-state index in [9.17, 15) is 0 Å². The summed E-state index contributed by atoms with van der Waals surface area (Å²) in [6.07, 6.45) is -1.84. The predicted octanol–water partition coefficient (Wildman–Crippen LogP) is 3.14. The lowest BCUT2D eigenvalue weighted by molar-refractivity contribution is -0.310. The third-order valence-electron chi connectivity index (χ3n) is 4.49. The fourth-order valence-corrected chi connectivity index (χ4v) is 4.18. The standard InChI is InChI=1S/C21H36O6Si/c1-21(2,3)25-14-16-17(27-28(6)7)18(22-4)19(20(23-5)26-16)24-13-15-11-9-8-10-12-15/h8-12,16-20,28H,13-14H2,1-7H3/t16-,17-,18+,19-,20+/m1/s1. The lowest BCUT2D eigenvalue weighted by Gasteiger charge is -2.46. The molecular formula is C21H36O6Si. The molecule has 2 rings (SSSR count). The Kier molecular flexibility index (Phi) is 9.08. The van der Waals surface area contributed by atoms with Crippen molar-refractivity contribution in [1.82, 2.24) is 0 Å². The minimum absolute atomic E-state index is 0.269. The van der Waals surface area contributed by atoms with Gasteiger partial charge < -0.3 is 28.1 Å². The van der Waals surface area contributed by atoms with Gasteiger partial charge in [0.25, 0.3) is 0 Å². The third kappa shape index (κ3) is 6.91. The van der Waals surface area contributed by atoms with Crippen molar-refractivity contribution in [2.45, 2.75) is 76.8 Å². The molecule has 1 aromatic rings. The Labute approximate surface area is 171 Å². The Morgan fingerprint density at radius 1 is 0.964 bits per heavy atom. The molecule has 0 unspecified atom stereocenters. The molecule has 0 amide bonds. The van der Waals surface area contributed by atoms with Crippen LogP contribution in [0.2, 0.25) is 13.1 Å². The van der Waals surface area contributed by atoms with Crippen LogP contribution in [0.25, 0.3) is 0 Å². The Balaban J connectivity index is 2.17. The first kappa shape index (κ1) is 23.5. The monoisotopic (exact) mass is 412 g/mol. The van der Waals surface area contributed by atoms with Crippen LogP contribution in [0.4, 0.5) is 0 Å². The zero-order valence-corrected chi connectivity index (χ0v) is 19.4. The highest BCUT2D eigenvalue weighted by Crippen LogP contribution is 2.30. The maximum absolute atomic E-state index is 6.32. The van der Waals surface area contributed by atoms with Gasteiger partial charge in [0.15, 0.2) is 15.3 Å². The minimum atomic E-state index is -1.35. The summed E-state index contributed by atoms with van der Waals surface area (Å²) in [7, 11) is 1.95. The molecule has 0 aromatic heterocycles. The van der Waals surface area contributed by atoms with Gasteiger partial charge in [0.1, 0.15) is 24.4 Å². The van der Waals surface area contributed by atoms with Gasteiger partial charge in [0.05, 0.1) is 18.8 Å². The molecule has 1 saturated heterocycles. The van der Waals surface area contributed by atoms with Crippen molar-refractivity contribution in [2.75, 3.05) is 20.8 Å². The van der Waals surface area contributed by atoms with E-state index in [1.807, 2.05) is 51.1 Å². The van der Waals surface area contributed by atoms with Crippen molar-refractivity contribution >= 4 is 9.04 Å². The van der Waals surface area contributed by atoms with E-state index in [1.165, 1.54) is 0 Å². The Bertz CT molecular complexity index is 562. The number of hydrogen-bond donors (Lipinski definition) is 0. The van der Waals surface area contributed by atoms with Crippen LogP contribution in [0.15, 0.2) is 30.3 Å². The lowest BCUT2D eigenvalue weighted by Crippen LogP contribution is -2.62. The molecule has 1 fully saturated rings. The zero-order valence-electron chi connectivity index (χ0n) is 18.2. The van der Waals surface area contributed by atoms with E-state index >= 15 is 0 Å². The molecule has 0 aliphatic carbocycles. The van der Waals surface area contributed by atoms with Crippen LogP contribution < -0.4 is 0 Å². The Hall–Kier alpha value is -0.803. The second-order valence-electron chi connectivity index (χ2n) is 8.31. The van der Waals surface area contributed by atoms with Gasteiger partial charge in [-0.15, -0.1) is 0 Å². The maximum atomic E-state index is 6.32. The van der Waals surface area contributed by atoms with Crippen molar-refractivity contribution in [3.63, 3.8) is 0 Å². The van der Waals surface area contributed by atoms with Crippen LogP contribution in [0, 0.1) is 0 Å². The number of benzene rings is 1. The van der Waals surface area contributed by atoms with E-state index in [4.69, 9.17) is 28.1 Å². The van der Waals surface area contributed by atoms with Crippen LogP contribution in [-0.4, -0.2) is 66.2 Å². The smallest absolute Gasteiger partial charge is 0.186 e. The average molecular weight is 413 g/mol. The summed E-state index contributed by atoms with van der Waals surface area (Å²) in [4.78, 5) is 0. The Morgan fingerprint density at radius 3 is 2.18 bits per heavy atom. The third-order valence-corrected chi connectivity index (χ3v) is 5.35. The molecule has 0 N–H and O–H groups in total. The average Bonchev–Trinajstić information content (AvgIpc) is 2.64. The van der Waals surface area contributed by atoms with Crippen molar-refractivity contribution < 1.29 is 28.1 Å². The second-order valence-corrected chi connectivity index (χ2v) is 10.7. The van der Waals surface area contributed by atoms with Gasteiger partial charge in [-0.2, -0.15) is 0 Å². The molecule has 0 radical (unpaired) electrons. The largest absolute Gasteiger partial charge is 0.412 e. The van der Waals surface area contributed by atoms with E-state index in [0.29, 0.717) is 13.2 Å². The summed E-state index contributed by atoms with van der Waals surface area (Å²) in [5.74, 6) is 0. The van der Waals surface area contributed by atoms with Gasteiger partial charge in [-0.25, -0.2) is 0 Å². The molecule has 1 aliphatic rings. The topological polar surface area (TPSA) is 55.4 Å². The van der Waals surface area contributed by atoms with Crippen LogP contribution in [0.3, 0.4) is 0 Å². The molecule has 1 aromatic carbocycles. The molecule has 0 bridgehead atoms. The van der Waals surface area contributed by atoms with Gasteiger partial charge in [0.2, 0.25) is 0 Å². The van der Waals surface area contributed by atoms with Crippen molar-refractivity contribution in [3.05, 3.63) is 35.9 Å². The maximum Gasteiger partial charge on any atom is 0.186 e. The van der Waals surface area contributed by atoms with Gasteiger partial charge in [-0.05, 0) is 39.4 Å². The molecule has 1 heterocycles. The summed E-state index contributed by atoms with van der Waals surface area (Å²) in [6, 6.07) is 10.0. The fourth-order valence-electron chi connectivity index (χ4n) is 3.22. The van der Waals surface area contributed by atoms with E-state index in [2.05, 4.69) is 13.1 Å². The van der Waals surface area contributed by atoms with Crippen molar-refractivity contribution in [2.24, 2.45) is 0 Å². The molecule has 0 saturated carbocycles. The molecule has 6 nitrogen and oxygen atoms in total.